The Morgan fingerprint density at radius 3 is 1.23 bits per heavy atom. The summed E-state index contributed by atoms with van der Waals surface area (Å²) < 4.78 is 4.71. The van der Waals surface area contributed by atoms with Gasteiger partial charge in [-0.25, -0.2) is 9.97 Å². The van der Waals surface area contributed by atoms with E-state index in [4.69, 9.17) is 4.98 Å². The van der Waals surface area contributed by atoms with Crippen LogP contribution in [0, 0.1) is 0 Å². The minimum absolute atomic E-state index is 0.889. The Kier molecular flexibility index (Phi) is 7.46. The molecular weight excluding hydrogens is 681 g/mol. The number of para-hydroxylation sites is 4. The second kappa shape index (κ2) is 13.1. The summed E-state index contributed by atoms with van der Waals surface area (Å²) in [6.07, 6.45) is 1.67. The molecule has 0 radical (unpaired) electrons. The molecule has 56 heavy (non-hydrogen) atoms. The summed E-state index contributed by atoms with van der Waals surface area (Å²) in [5, 5.41) is 5.05. The van der Waals surface area contributed by atoms with E-state index in [9.17, 15) is 0 Å². The molecule has 0 unspecified atom stereocenters. The lowest BCUT2D eigenvalue weighted by Crippen LogP contribution is -1.94. The summed E-state index contributed by atoms with van der Waals surface area (Å²) in [5.74, 6) is 0. The number of aromatic nitrogens is 4. The minimum Gasteiger partial charge on any atom is -0.309 e. The van der Waals surface area contributed by atoms with Crippen molar-refractivity contribution in [2.75, 3.05) is 0 Å². The molecular formula is C52H34N4. The van der Waals surface area contributed by atoms with Gasteiger partial charge in [0, 0.05) is 44.0 Å². The summed E-state index contributed by atoms with van der Waals surface area (Å²) in [6, 6.07) is 71.6. The van der Waals surface area contributed by atoms with Gasteiger partial charge in [-0.15, -0.1) is 0 Å². The van der Waals surface area contributed by atoms with E-state index in [-0.39, 0.29) is 0 Å². The van der Waals surface area contributed by atoms with E-state index in [0.29, 0.717) is 0 Å². The van der Waals surface area contributed by atoms with Crippen molar-refractivity contribution in [2.45, 2.75) is 0 Å². The lowest BCUT2D eigenvalue weighted by atomic mass is 9.99. The Morgan fingerprint density at radius 1 is 0.268 bits per heavy atom. The van der Waals surface area contributed by atoms with Crippen LogP contribution in [0.15, 0.2) is 207 Å². The smallest absolute Gasteiger partial charge is 0.116 e. The first-order valence-corrected chi connectivity index (χ1v) is 19.0. The number of rotatable bonds is 6. The van der Waals surface area contributed by atoms with Gasteiger partial charge in [0.25, 0.3) is 0 Å². The molecule has 0 N–H and O–H groups in total. The van der Waals surface area contributed by atoms with Gasteiger partial charge in [0.05, 0.1) is 33.5 Å². The summed E-state index contributed by atoms with van der Waals surface area (Å²) in [4.78, 5) is 9.39. The molecule has 0 atom stereocenters. The highest BCUT2D eigenvalue weighted by Gasteiger charge is 2.14. The number of fused-ring (bicyclic) bond motifs is 6. The Bertz CT molecular complexity index is 3130. The van der Waals surface area contributed by atoms with Crippen molar-refractivity contribution in [3.63, 3.8) is 0 Å². The third-order valence-corrected chi connectivity index (χ3v) is 11.1. The average molecular weight is 715 g/mol. The first kappa shape index (κ1) is 31.9. The van der Waals surface area contributed by atoms with Crippen molar-refractivity contribution in [2.24, 2.45) is 0 Å². The van der Waals surface area contributed by atoms with Crippen LogP contribution in [-0.2, 0) is 0 Å². The van der Waals surface area contributed by atoms with Crippen molar-refractivity contribution >= 4 is 43.6 Å². The zero-order valence-corrected chi connectivity index (χ0v) is 30.4. The van der Waals surface area contributed by atoms with Crippen LogP contribution in [0.3, 0.4) is 0 Å². The summed E-state index contributed by atoms with van der Waals surface area (Å²) in [5.41, 5.74) is 15.6. The van der Waals surface area contributed by atoms with Gasteiger partial charge >= 0.3 is 0 Å². The van der Waals surface area contributed by atoms with E-state index < -0.39 is 0 Å². The van der Waals surface area contributed by atoms with Crippen molar-refractivity contribution in [1.82, 2.24) is 19.1 Å². The molecule has 11 rings (SSSR count). The fourth-order valence-corrected chi connectivity index (χ4v) is 8.39. The van der Waals surface area contributed by atoms with Crippen molar-refractivity contribution < 1.29 is 0 Å². The zero-order chi connectivity index (χ0) is 37.0. The topological polar surface area (TPSA) is 35.6 Å². The molecule has 0 spiro atoms. The summed E-state index contributed by atoms with van der Waals surface area (Å²) in [6.45, 7) is 0. The molecule has 262 valence electrons. The van der Waals surface area contributed by atoms with E-state index in [0.717, 1.165) is 50.6 Å². The number of hydrogen-bond acceptors (Lipinski definition) is 2. The average Bonchev–Trinajstić information content (AvgIpc) is 3.80. The van der Waals surface area contributed by atoms with Gasteiger partial charge in [0.15, 0.2) is 0 Å². The molecule has 0 saturated heterocycles. The molecule has 0 aliphatic heterocycles. The van der Waals surface area contributed by atoms with Gasteiger partial charge in [-0.05, 0) is 82.9 Å². The molecule has 0 aliphatic rings. The molecule has 4 nitrogen and oxygen atoms in total. The SMILES string of the molecule is c1cc(-c2cccc(-n3c4ccccc4c4ccccc43)c2)cc(-c2cc(-c3ccc(-c4ccc(-n5c6ccccc6c6ccccc65)cc4)cc3)ncn2)c1. The lowest BCUT2D eigenvalue weighted by Gasteiger charge is -2.11. The molecule has 4 heteroatoms. The van der Waals surface area contributed by atoms with Gasteiger partial charge < -0.3 is 9.13 Å². The number of hydrogen-bond donors (Lipinski definition) is 0. The highest BCUT2D eigenvalue weighted by Crippen LogP contribution is 2.36. The van der Waals surface area contributed by atoms with E-state index in [1.807, 2.05) is 0 Å². The standard InChI is InChI=1S/C52H34N4/c1-5-19-49-43(15-1)44-16-2-6-20-50(44)55(49)41-29-27-36(28-30-41)35-23-25-37(26-24-35)47-33-48(54-34-53-47)40-13-9-11-38(31-40)39-12-10-14-42(32-39)56-51-21-7-3-17-45(51)46-18-4-8-22-52(46)56/h1-34H. The third-order valence-electron chi connectivity index (χ3n) is 11.1. The second-order valence-corrected chi connectivity index (χ2v) is 14.3. The molecule has 0 bridgehead atoms. The number of nitrogens with zero attached hydrogens (tertiary/aromatic N) is 4. The monoisotopic (exact) mass is 714 g/mol. The van der Waals surface area contributed by atoms with Gasteiger partial charge in [-0.3, -0.25) is 0 Å². The van der Waals surface area contributed by atoms with Crippen molar-refractivity contribution in [3.8, 4) is 56.1 Å². The molecule has 3 heterocycles. The number of benzene rings is 8. The van der Waals surface area contributed by atoms with Crippen LogP contribution in [0.5, 0.6) is 0 Å². The van der Waals surface area contributed by atoms with Crippen LogP contribution in [-0.4, -0.2) is 19.1 Å². The van der Waals surface area contributed by atoms with E-state index in [1.54, 1.807) is 6.33 Å². The van der Waals surface area contributed by atoms with E-state index in [2.05, 4.69) is 214 Å². The van der Waals surface area contributed by atoms with Crippen molar-refractivity contribution in [1.29, 1.82) is 0 Å². The Morgan fingerprint density at radius 2 is 0.679 bits per heavy atom. The quantitative estimate of drug-likeness (QED) is 0.172. The second-order valence-electron chi connectivity index (χ2n) is 14.3. The minimum atomic E-state index is 0.889. The van der Waals surface area contributed by atoms with Crippen LogP contribution in [0.1, 0.15) is 0 Å². The first-order valence-electron chi connectivity index (χ1n) is 19.0. The fourth-order valence-electron chi connectivity index (χ4n) is 8.39. The molecule has 0 fully saturated rings. The molecule has 8 aromatic carbocycles. The van der Waals surface area contributed by atoms with Gasteiger partial charge in [-0.1, -0.05) is 140 Å². The fraction of sp³-hybridized carbons (Fsp3) is 0. The van der Waals surface area contributed by atoms with Gasteiger partial charge in [0.1, 0.15) is 6.33 Å². The van der Waals surface area contributed by atoms with Gasteiger partial charge in [0.2, 0.25) is 0 Å². The Balaban J connectivity index is 0.874. The highest BCUT2D eigenvalue weighted by molar-refractivity contribution is 6.10. The highest BCUT2D eigenvalue weighted by atomic mass is 15.0. The van der Waals surface area contributed by atoms with Crippen molar-refractivity contribution in [3.05, 3.63) is 207 Å². The predicted molar refractivity (Wildman–Crippen MR) is 232 cm³/mol. The predicted octanol–water partition coefficient (Wildman–Crippen LogP) is 13.3. The Hall–Kier alpha value is -7.56. The Labute approximate surface area is 324 Å². The van der Waals surface area contributed by atoms with E-state index in [1.165, 1.54) is 49.2 Å². The van der Waals surface area contributed by atoms with E-state index >= 15 is 0 Å². The summed E-state index contributed by atoms with van der Waals surface area (Å²) >= 11 is 0. The molecule has 3 aromatic heterocycles. The van der Waals surface area contributed by atoms with Gasteiger partial charge in [-0.2, -0.15) is 0 Å². The van der Waals surface area contributed by atoms with Crippen LogP contribution in [0.25, 0.3) is 99.8 Å². The van der Waals surface area contributed by atoms with Crippen LogP contribution in [0.2, 0.25) is 0 Å². The maximum Gasteiger partial charge on any atom is 0.116 e. The lowest BCUT2D eigenvalue weighted by molar-refractivity contribution is 1.17. The normalized spacial score (nSPS) is 11.6. The molecule has 0 aliphatic carbocycles. The van der Waals surface area contributed by atoms with Crippen LogP contribution < -0.4 is 0 Å². The van der Waals surface area contributed by atoms with Crippen LogP contribution in [0.4, 0.5) is 0 Å². The molecule has 0 amide bonds. The molecule has 0 saturated carbocycles. The summed E-state index contributed by atoms with van der Waals surface area (Å²) in [7, 11) is 0. The third kappa shape index (κ3) is 5.31. The molecule has 11 aromatic rings. The largest absolute Gasteiger partial charge is 0.309 e. The maximum absolute atomic E-state index is 4.71. The zero-order valence-electron chi connectivity index (χ0n) is 30.4. The first-order chi connectivity index (χ1) is 27.8. The van der Waals surface area contributed by atoms with Crippen LogP contribution >= 0.6 is 0 Å². The maximum atomic E-state index is 4.71.